The van der Waals surface area contributed by atoms with Crippen LogP contribution in [0.4, 0.5) is 0 Å². The van der Waals surface area contributed by atoms with E-state index < -0.39 is 10.1 Å². The first kappa shape index (κ1) is 15.8. The van der Waals surface area contributed by atoms with Crippen LogP contribution < -0.4 is 0 Å². The number of allylic oxidation sites excluding steroid dienone is 4. The third kappa shape index (κ3) is 2.86. The Balaban J connectivity index is 2.69. The fraction of sp³-hybridized carbons (Fsp3) is 0.750. The van der Waals surface area contributed by atoms with Crippen LogP contribution in [0.2, 0.25) is 0 Å². The van der Waals surface area contributed by atoms with Gasteiger partial charge in [-0.2, -0.15) is 8.42 Å². The molecule has 4 heteroatoms. The fourth-order valence-corrected chi connectivity index (χ4v) is 5.10. The van der Waals surface area contributed by atoms with Gasteiger partial charge in [0, 0.05) is 5.92 Å². The smallest absolute Gasteiger partial charge is 0.282 e. The van der Waals surface area contributed by atoms with Crippen LogP contribution >= 0.6 is 0 Å². The standard InChI is InChI=1S/C16H26O3S/c1-10(2)14-9-12-7-5-6-8-13(12)15(11(3)4)16(14)20(17,18)19/h10-11,14H,5-9H2,1-4H3,(H,17,18,19). The van der Waals surface area contributed by atoms with Crippen molar-refractivity contribution in [3.63, 3.8) is 0 Å². The summed E-state index contributed by atoms with van der Waals surface area (Å²) in [5, 5.41) is 0. The first-order valence-electron chi connectivity index (χ1n) is 7.66. The molecule has 0 bridgehead atoms. The van der Waals surface area contributed by atoms with Gasteiger partial charge in [-0.1, -0.05) is 33.3 Å². The first-order chi connectivity index (χ1) is 9.23. The summed E-state index contributed by atoms with van der Waals surface area (Å²) < 4.78 is 33.7. The predicted molar refractivity (Wildman–Crippen MR) is 81.9 cm³/mol. The maximum atomic E-state index is 12.0. The number of rotatable bonds is 3. The van der Waals surface area contributed by atoms with Crippen LogP contribution in [-0.2, 0) is 10.1 Å². The largest absolute Gasteiger partial charge is 0.291 e. The van der Waals surface area contributed by atoms with E-state index in [-0.39, 0.29) is 17.8 Å². The summed E-state index contributed by atoms with van der Waals surface area (Å²) in [6.45, 7) is 8.15. The average molecular weight is 298 g/mol. The highest BCUT2D eigenvalue weighted by atomic mass is 32.2. The van der Waals surface area contributed by atoms with Gasteiger partial charge in [-0.05, 0) is 55.1 Å². The zero-order chi connectivity index (χ0) is 15.1. The minimum atomic E-state index is -4.12. The molecule has 114 valence electrons. The molecule has 0 aromatic rings. The second-order valence-corrected chi connectivity index (χ2v) is 8.14. The van der Waals surface area contributed by atoms with Crippen LogP contribution in [0.5, 0.6) is 0 Å². The Hall–Kier alpha value is -0.610. The van der Waals surface area contributed by atoms with Gasteiger partial charge in [-0.25, -0.2) is 0 Å². The Morgan fingerprint density at radius 2 is 1.70 bits per heavy atom. The summed E-state index contributed by atoms with van der Waals surface area (Å²) >= 11 is 0. The van der Waals surface area contributed by atoms with Crippen molar-refractivity contribution in [3.8, 4) is 0 Å². The summed E-state index contributed by atoms with van der Waals surface area (Å²) in [6, 6.07) is 0. The molecule has 20 heavy (non-hydrogen) atoms. The lowest BCUT2D eigenvalue weighted by molar-refractivity contribution is 0.406. The van der Waals surface area contributed by atoms with E-state index in [1.165, 1.54) is 17.6 Å². The van der Waals surface area contributed by atoms with Gasteiger partial charge in [-0.15, -0.1) is 0 Å². The zero-order valence-corrected chi connectivity index (χ0v) is 13.8. The van der Waals surface area contributed by atoms with Gasteiger partial charge in [0.25, 0.3) is 10.1 Å². The van der Waals surface area contributed by atoms with E-state index in [2.05, 4.69) is 0 Å². The summed E-state index contributed by atoms with van der Waals surface area (Å²) in [4.78, 5) is 0.308. The molecule has 2 aliphatic rings. The summed E-state index contributed by atoms with van der Waals surface area (Å²) in [5.41, 5.74) is 3.58. The molecule has 0 aromatic carbocycles. The normalized spacial score (nSPS) is 24.6. The summed E-state index contributed by atoms with van der Waals surface area (Å²) in [5.74, 6) is 0.285. The first-order valence-corrected chi connectivity index (χ1v) is 9.10. The monoisotopic (exact) mass is 298 g/mol. The fourth-order valence-electron chi connectivity index (χ4n) is 3.73. The second-order valence-electron chi connectivity index (χ2n) is 6.75. The Morgan fingerprint density at radius 3 is 2.20 bits per heavy atom. The number of hydrogen-bond donors (Lipinski definition) is 1. The summed E-state index contributed by atoms with van der Waals surface area (Å²) in [6.07, 6.45) is 5.19. The Morgan fingerprint density at radius 1 is 1.10 bits per heavy atom. The molecule has 0 saturated carbocycles. The molecule has 0 aromatic heterocycles. The third-order valence-electron chi connectivity index (χ3n) is 4.64. The molecule has 0 radical (unpaired) electrons. The molecule has 2 aliphatic carbocycles. The van der Waals surface area contributed by atoms with E-state index in [9.17, 15) is 13.0 Å². The molecule has 1 unspecified atom stereocenters. The van der Waals surface area contributed by atoms with Gasteiger partial charge >= 0.3 is 0 Å². The SMILES string of the molecule is CC(C)C1=C(S(=O)(=O)O)C(C(C)C)CC2=C1CCCC2. The van der Waals surface area contributed by atoms with E-state index in [1.54, 1.807) is 0 Å². The highest BCUT2D eigenvalue weighted by Crippen LogP contribution is 2.47. The van der Waals surface area contributed by atoms with Crippen LogP contribution in [0.15, 0.2) is 21.6 Å². The zero-order valence-electron chi connectivity index (χ0n) is 12.9. The molecule has 0 fully saturated rings. The van der Waals surface area contributed by atoms with Crippen LogP contribution in [0.25, 0.3) is 0 Å². The van der Waals surface area contributed by atoms with E-state index in [0.29, 0.717) is 4.91 Å². The molecule has 0 saturated heterocycles. The molecule has 0 amide bonds. The molecule has 0 heterocycles. The van der Waals surface area contributed by atoms with Crippen molar-refractivity contribution < 1.29 is 13.0 Å². The van der Waals surface area contributed by atoms with E-state index in [0.717, 1.165) is 31.3 Å². The molecule has 0 aliphatic heterocycles. The number of hydrogen-bond acceptors (Lipinski definition) is 2. The van der Waals surface area contributed by atoms with E-state index in [4.69, 9.17) is 0 Å². The molecule has 1 atom stereocenters. The molecule has 3 nitrogen and oxygen atoms in total. The second kappa shape index (κ2) is 5.64. The average Bonchev–Trinajstić information content (AvgIpc) is 2.34. The quantitative estimate of drug-likeness (QED) is 0.789. The lowest BCUT2D eigenvalue weighted by Gasteiger charge is -2.36. The minimum Gasteiger partial charge on any atom is -0.282 e. The van der Waals surface area contributed by atoms with Crippen LogP contribution in [0.3, 0.4) is 0 Å². The maximum Gasteiger partial charge on any atom is 0.291 e. The Labute approximate surface area is 122 Å². The highest BCUT2D eigenvalue weighted by Gasteiger charge is 2.38. The molecular formula is C16H26O3S. The van der Waals surface area contributed by atoms with Crippen molar-refractivity contribution in [1.29, 1.82) is 0 Å². The third-order valence-corrected chi connectivity index (χ3v) is 5.71. The minimum absolute atomic E-state index is 0.0701. The van der Waals surface area contributed by atoms with Crippen molar-refractivity contribution in [2.75, 3.05) is 0 Å². The van der Waals surface area contributed by atoms with E-state index in [1.807, 2.05) is 27.7 Å². The van der Waals surface area contributed by atoms with Crippen molar-refractivity contribution >= 4 is 10.1 Å². The van der Waals surface area contributed by atoms with Gasteiger partial charge in [-0.3, -0.25) is 4.55 Å². The van der Waals surface area contributed by atoms with Gasteiger partial charge in [0.05, 0.1) is 4.91 Å². The van der Waals surface area contributed by atoms with Crippen LogP contribution in [0, 0.1) is 17.8 Å². The highest BCUT2D eigenvalue weighted by molar-refractivity contribution is 7.89. The Bertz CT molecular complexity index is 550. The van der Waals surface area contributed by atoms with Crippen molar-refractivity contribution in [2.45, 2.75) is 59.8 Å². The maximum absolute atomic E-state index is 12.0. The molecule has 0 spiro atoms. The molecular weight excluding hydrogens is 272 g/mol. The lowest BCUT2D eigenvalue weighted by atomic mass is 9.72. The van der Waals surface area contributed by atoms with Gasteiger partial charge in [0.1, 0.15) is 0 Å². The topological polar surface area (TPSA) is 54.4 Å². The van der Waals surface area contributed by atoms with Gasteiger partial charge in [0.2, 0.25) is 0 Å². The lowest BCUT2D eigenvalue weighted by Crippen LogP contribution is -2.28. The van der Waals surface area contributed by atoms with Crippen molar-refractivity contribution in [1.82, 2.24) is 0 Å². The van der Waals surface area contributed by atoms with Crippen LogP contribution in [0.1, 0.15) is 59.8 Å². The van der Waals surface area contributed by atoms with Gasteiger partial charge < -0.3 is 0 Å². The molecule has 2 rings (SSSR count). The van der Waals surface area contributed by atoms with E-state index >= 15 is 0 Å². The summed E-state index contributed by atoms with van der Waals surface area (Å²) in [7, 11) is -4.12. The van der Waals surface area contributed by atoms with Crippen LogP contribution in [-0.4, -0.2) is 13.0 Å². The van der Waals surface area contributed by atoms with Crippen molar-refractivity contribution in [2.24, 2.45) is 17.8 Å². The van der Waals surface area contributed by atoms with Crippen molar-refractivity contribution in [3.05, 3.63) is 21.6 Å². The van der Waals surface area contributed by atoms with Gasteiger partial charge in [0.15, 0.2) is 0 Å². The Kier molecular flexibility index (Phi) is 4.45. The predicted octanol–water partition coefficient (Wildman–Crippen LogP) is 4.33. The molecule has 1 N–H and O–H groups in total.